The lowest BCUT2D eigenvalue weighted by molar-refractivity contribution is -0.137. The van der Waals surface area contributed by atoms with Crippen LogP contribution < -0.4 is 21.3 Å². The Morgan fingerprint density at radius 1 is 0.618 bits per heavy atom. The third-order valence-corrected chi connectivity index (χ3v) is 5.80. The summed E-state index contributed by atoms with van der Waals surface area (Å²) < 4.78 is 78.8. The monoisotopic (exact) mass is 520 g/mol. The van der Waals surface area contributed by atoms with Crippen molar-refractivity contribution in [1.29, 1.82) is 0 Å². The maximum absolute atomic E-state index is 13.1. The van der Waals surface area contributed by atoms with E-state index in [1.807, 2.05) is 0 Å². The second kappa shape index (κ2) is 10.8. The van der Waals surface area contributed by atoms with Crippen molar-refractivity contribution in [3.8, 4) is 0 Å². The lowest BCUT2D eigenvalue weighted by Gasteiger charge is -2.31. The maximum Gasteiger partial charge on any atom is 0.418 e. The van der Waals surface area contributed by atoms with Crippen LogP contribution in [0.25, 0.3) is 0 Å². The van der Waals surface area contributed by atoms with Crippen molar-refractivity contribution >= 4 is 46.0 Å². The molecule has 1 fully saturated rings. The molecule has 4 N–H and O–H groups in total. The maximum atomic E-state index is 13.1. The first-order valence-electron chi connectivity index (χ1n) is 10.4. The minimum Gasteiger partial charge on any atom is -0.360 e. The van der Waals surface area contributed by atoms with Crippen molar-refractivity contribution in [2.75, 3.05) is 10.6 Å². The molecule has 1 aliphatic rings. The van der Waals surface area contributed by atoms with Gasteiger partial charge in [0.25, 0.3) is 0 Å². The molecule has 0 saturated heterocycles. The second-order valence-electron chi connectivity index (χ2n) is 7.83. The Hall–Kier alpha value is -2.60. The summed E-state index contributed by atoms with van der Waals surface area (Å²) in [6.45, 7) is 0. The number of rotatable bonds is 4. The van der Waals surface area contributed by atoms with Crippen molar-refractivity contribution in [3.05, 3.63) is 59.7 Å². The van der Waals surface area contributed by atoms with Gasteiger partial charge in [-0.25, -0.2) is 0 Å². The number of nitrogens with one attached hydrogen (secondary N) is 4. The molecule has 0 radical (unpaired) electrons. The predicted molar refractivity (Wildman–Crippen MR) is 128 cm³/mol. The number of alkyl halides is 6. The minimum atomic E-state index is -4.50. The largest absolute Gasteiger partial charge is 0.418 e. The molecule has 184 valence electrons. The van der Waals surface area contributed by atoms with Crippen LogP contribution in [-0.4, -0.2) is 22.3 Å². The average molecular weight is 521 g/mol. The highest BCUT2D eigenvalue weighted by atomic mass is 32.1. The minimum absolute atomic E-state index is 0.0522. The lowest BCUT2D eigenvalue weighted by atomic mass is 9.91. The molecule has 4 nitrogen and oxygen atoms in total. The van der Waals surface area contributed by atoms with E-state index in [1.165, 1.54) is 36.4 Å². The van der Waals surface area contributed by atoms with E-state index in [2.05, 4.69) is 21.3 Å². The number of hydrogen-bond donors (Lipinski definition) is 4. The van der Waals surface area contributed by atoms with Crippen molar-refractivity contribution in [1.82, 2.24) is 10.6 Å². The number of benzene rings is 2. The molecule has 34 heavy (non-hydrogen) atoms. The SMILES string of the molecule is FC(F)(F)c1ccccc1NC(=S)NC1CCC(NC(=S)Nc2ccccc2C(F)(F)F)CC1. The van der Waals surface area contributed by atoms with Crippen LogP contribution in [0.15, 0.2) is 48.5 Å². The molecule has 1 saturated carbocycles. The molecule has 0 heterocycles. The summed E-state index contributed by atoms with van der Waals surface area (Å²) >= 11 is 10.4. The number of anilines is 2. The molecule has 3 rings (SSSR count). The summed E-state index contributed by atoms with van der Waals surface area (Å²) in [7, 11) is 0. The third kappa shape index (κ3) is 7.20. The van der Waals surface area contributed by atoms with Crippen LogP contribution in [0.5, 0.6) is 0 Å². The fourth-order valence-electron chi connectivity index (χ4n) is 3.75. The Morgan fingerprint density at radius 2 is 0.941 bits per heavy atom. The Labute approximate surface area is 203 Å². The van der Waals surface area contributed by atoms with Crippen LogP contribution in [0.4, 0.5) is 37.7 Å². The molecule has 2 aromatic rings. The standard InChI is InChI=1S/C22H22F6N4S2/c23-21(24,25)15-5-1-3-7-17(15)31-19(33)29-13-9-11-14(12-10-13)30-20(34)32-18-8-4-2-6-16(18)22(26,27)28/h1-8,13-14H,9-12H2,(H2,29,31,33)(H2,30,32,34). The van der Waals surface area contributed by atoms with Gasteiger partial charge >= 0.3 is 12.4 Å². The normalized spacial score (nSPS) is 18.6. The summed E-state index contributed by atoms with van der Waals surface area (Å²) in [4.78, 5) is 0. The van der Waals surface area contributed by atoms with E-state index < -0.39 is 23.5 Å². The zero-order chi connectivity index (χ0) is 24.9. The van der Waals surface area contributed by atoms with Gasteiger partial charge in [0.05, 0.1) is 22.5 Å². The van der Waals surface area contributed by atoms with Crippen molar-refractivity contribution in [3.63, 3.8) is 0 Å². The molecule has 0 aliphatic heterocycles. The molecule has 0 bridgehead atoms. The molecular weight excluding hydrogens is 498 g/mol. The Balaban J connectivity index is 1.47. The van der Waals surface area contributed by atoms with Gasteiger partial charge in [-0.1, -0.05) is 24.3 Å². The number of halogens is 6. The Bertz CT molecular complexity index is 935. The van der Waals surface area contributed by atoms with Gasteiger partial charge in [0.2, 0.25) is 0 Å². The van der Waals surface area contributed by atoms with Crippen LogP contribution in [0.1, 0.15) is 36.8 Å². The number of para-hydroxylation sites is 2. The van der Waals surface area contributed by atoms with E-state index in [0.717, 1.165) is 12.1 Å². The average Bonchev–Trinajstić information content (AvgIpc) is 2.74. The summed E-state index contributed by atoms with van der Waals surface area (Å²) in [5.74, 6) is 0. The van der Waals surface area contributed by atoms with E-state index in [0.29, 0.717) is 25.7 Å². The highest BCUT2D eigenvalue weighted by molar-refractivity contribution is 7.80. The van der Waals surface area contributed by atoms with Gasteiger partial charge in [-0.2, -0.15) is 26.3 Å². The van der Waals surface area contributed by atoms with E-state index in [1.54, 1.807) is 0 Å². The van der Waals surface area contributed by atoms with Gasteiger partial charge in [-0.05, 0) is 74.4 Å². The summed E-state index contributed by atoms with van der Waals surface area (Å²) in [6, 6.07) is 10.1. The topological polar surface area (TPSA) is 48.1 Å². The molecule has 0 aromatic heterocycles. The van der Waals surface area contributed by atoms with Crippen LogP contribution in [0.2, 0.25) is 0 Å². The molecule has 0 spiro atoms. The van der Waals surface area contributed by atoms with E-state index in [-0.39, 0.29) is 33.7 Å². The van der Waals surface area contributed by atoms with Crippen molar-refractivity contribution in [2.24, 2.45) is 0 Å². The molecule has 1 aliphatic carbocycles. The molecule has 12 heteroatoms. The zero-order valence-electron chi connectivity index (χ0n) is 17.7. The number of thiocarbonyl (C=S) groups is 2. The first-order valence-corrected chi connectivity index (χ1v) is 11.2. The van der Waals surface area contributed by atoms with Crippen LogP contribution in [-0.2, 0) is 12.4 Å². The zero-order valence-corrected chi connectivity index (χ0v) is 19.3. The first-order chi connectivity index (χ1) is 15.9. The van der Waals surface area contributed by atoms with Gasteiger partial charge in [-0.3, -0.25) is 0 Å². The van der Waals surface area contributed by atoms with Gasteiger partial charge in [0.15, 0.2) is 10.2 Å². The first kappa shape index (κ1) is 26.0. The van der Waals surface area contributed by atoms with Gasteiger partial charge in [-0.15, -0.1) is 0 Å². The van der Waals surface area contributed by atoms with E-state index in [9.17, 15) is 26.3 Å². The van der Waals surface area contributed by atoms with Crippen molar-refractivity contribution < 1.29 is 26.3 Å². The van der Waals surface area contributed by atoms with E-state index >= 15 is 0 Å². The summed E-state index contributed by atoms with van der Waals surface area (Å²) in [6.07, 6.45) is -6.39. The summed E-state index contributed by atoms with van der Waals surface area (Å²) in [5.41, 5.74) is -1.86. The van der Waals surface area contributed by atoms with Crippen molar-refractivity contribution in [2.45, 2.75) is 50.1 Å². The quantitative estimate of drug-likeness (QED) is 0.280. The van der Waals surface area contributed by atoms with Gasteiger partial charge in [0, 0.05) is 12.1 Å². The van der Waals surface area contributed by atoms with Crippen LogP contribution in [0.3, 0.4) is 0 Å². The predicted octanol–water partition coefficient (Wildman–Crippen LogP) is 6.31. The molecule has 0 amide bonds. The van der Waals surface area contributed by atoms with Gasteiger partial charge < -0.3 is 21.3 Å². The smallest absolute Gasteiger partial charge is 0.360 e. The molecule has 0 atom stereocenters. The summed E-state index contributed by atoms with van der Waals surface area (Å²) in [5, 5.41) is 11.5. The molecular formula is C22H22F6N4S2. The van der Waals surface area contributed by atoms with Crippen LogP contribution in [0, 0.1) is 0 Å². The number of hydrogen-bond acceptors (Lipinski definition) is 2. The highest BCUT2D eigenvalue weighted by Crippen LogP contribution is 2.35. The lowest BCUT2D eigenvalue weighted by Crippen LogP contribution is -2.45. The van der Waals surface area contributed by atoms with Crippen LogP contribution >= 0.6 is 24.4 Å². The third-order valence-electron chi connectivity index (χ3n) is 5.36. The highest BCUT2D eigenvalue weighted by Gasteiger charge is 2.34. The molecule has 2 aromatic carbocycles. The fraction of sp³-hybridized carbons (Fsp3) is 0.364. The van der Waals surface area contributed by atoms with Gasteiger partial charge in [0.1, 0.15) is 0 Å². The second-order valence-corrected chi connectivity index (χ2v) is 8.65. The Morgan fingerprint density at radius 3 is 1.26 bits per heavy atom. The Kier molecular flexibility index (Phi) is 8.24. The fourth-order valence-corrected chi connectivity index (χ4v) is 4.30. The van der Waals surface area contributed by atoms with E-state index in [4.69, 9.17) is 24.4 Å². The molecule has 0 unspecified atom stereocenters.